The van der Waals surface area contributed by atoms with Gasteiger partial charge in [-0.15, -0.1) is 0 Å². The summed E-state index contributed by atoms with van der Waals surface area (Å²) in [6.45, 7) is 2.22. The van der Waals surface area contributed by atoms with E-state index in [1.54, 1.807) is 0 Å². The van der Waals surface area contributed by atoms with Gasteiger partial charge in [0.2, 0.25) is 11.8 Å². The summed E-state index contributed by atoms with van der Waals surface area (Å²) < 4.78 is 0. The molecule has 4 N–H and O–H groups in total. The lowest BCUT2D eigenvalue weighted by Crippen LogP contribution is -2.44. The summed E-state index contributed by atoms with van der Waals surface area (Å²) in [5, 5.41) is 11.2. The minimum Gasteiger partial charge on any atom is -0.481 e. The van der Waals surface area contributed by atoms with Gasteiger partial charge in [-0.3, -0.25) is 14.4 Å². The third-order valence-corrected chi connectivity index (χ3v) is 4.68. The lowest BCUT2D eigenvalue weighted by molar-refractivity contribution is -0.137. The molecule has 0 spiro atoms. The van der Waals surface area contributed by atoms with Crippen LogP contribution in [0.2, 0.25) is 0 Å². The first-order chi connectivity index (χ1) is 14.0. The lowest BCUT2D eigenvalue weighted by Gasteiger charge is -2.14. The fourth-order valence-corrected chi connectivity index (χ4v) is 2.92. The van der Waals surface area contributed by atoms with E-state index < -0.39 is 17.9 Å². The maximum absolute atomic E-state index is 11.9. The number of hydrogen-bond donors (Lipinski definition) is 3. The molecule has 0 aliphatic rings. The zero-order chi connectivity index (χ0) is 21.7. The molecule has 0 unspecified atom stereocenters. The summed E-state index contributed by atoms with van der Waals surface area (Å²) in [5.41, 5.74) is 5.20. The zero-order valence-corrected chi connectivity index (χ0v) is 18.0. The highest BCUT2D eigenvalue weighted by Crippen LogP contribution is 2.08. The first-order valence-electron chi connectivity index (χ1n) is 11.1. The van der Waals surface area contributed by atoms with Crippen LogP contribution < -0.4 is 11.1 Å². The predicted octanol–water partition coefficient (Wildman–Crippen LogP) is 4.63. The Morgan fingerprint density at radius 3 is 2.03 bits per heavy atom. The van der Waals surface area contributed by atoms with E-state index in [1.807, 2.05) is 0 Å². The van der Waals surface area contributed by atoms with Crippen molar-refractivity contribution in [2.24, 2.45) is 5.73 Å². The number of amides is 2. The third-order valence-electron chi connectivity index (χ3n) is 4.68. The normalized spacial score (nSPS) is 12.4. The van der Waals surface area contributed by atoms with Crippen LogP contribution in [0.25, 0.3) is 0 Å². The molecule has 0 heterocycles. The molecule has 0 aliphatic heterocycles. The van der Waals surface area contributed by atoms with Crippen LogP contribution in [0.1, 0.15) is 96.8 Å². The summed E-state index contributed by atoms with van der Waals surface area (Å²) >= 11 is 0. The largest absolute Gasteiger partial charge is 0.481 e. The van der Waals surface area contributed by atoms with E-state index in [4.69, 9.17) is 10.8 Å². The maximum atomic E-state index is 11.9. The van der Waals surface area contributed by atoms with Gasteiger partial charge in [0.25, 0.3) is 0 Å². The number of carbonyl (C=O) groups is 3. The smallest absolute Gasteiger partial charge is 0.303 e. The predicted molar refractivity (Wildman–Crippen MR) is 117 cm³/mol. The van der Waals surface area contributed by atoms with E-state index in [9.17, 15) is 14.4 Å². The van der Waals surface area contributed by atoms with Crippen molar-refractivity contribution in [2.45, 2.75) is 103 Å². The fourth-order valence-electron chi connectivity index (χ4n) is 2.92. The molecule has 0 bridgehead atoms. The van der Waals surface area contributed by atoms with E-state index in [0.717, 1.165) is 44.9 Å². The highest BCUT2D eigenvalue weighted by Gasteiger charge is 2.18. The molecular formula is C23H40N2O4. The molecule has 166 valence electrons. The molecule has 6 nitrogen and oxygen atoms in total. The number of hydrogen-bond acceptors (Lipinski definition) is 3. The average Bonchev–Trinajstić information content (AvgIpc) is 2.67. The number of carbonyl (C=O) groups excluding carboxylic acids is 2. The second kappa shape index (κ2) is 19.2. The maximum Gasteiger partial charge on any atom is 0.303 e. The zero-order valence-electron chi connectivity index (χ0n) is 18.0. The van der Waals surface area contributed by atoms with Crippen LogP contribution in [0.3, 0.4) is 0 Å². The van der Waals surface area contributed by atoms with E-state index in [2.05, 4.69) is 36.5 Å². The monoisotopic (exact) mass is 408 g/mol. The minimum atomic E-state index is -1.01. The molecule has 1 atom stereocenters. The number of primary amides is 1. The number of nitrogens with two attached hydrogens (primary N) is 1. The summed E-state index contributed by atoms with van der Waals surface area (Å²) in [6, 6.07) is -0.906. The molecule has 0 aromatic rings. The van der Waals surface area contributed by atoms with Crippen molar-refractivity contribution in [1.82, 2.24) is 5.32 Å². The Kier molecular flexibility index (Phi) is 17.8. The third kappa shape index (κ3) is 19.0. The Morgan fingerprint density at radius 2 is 1.45 bits per heavy atom. The molecule has 0 saturated heterocycles. The molecule has 0 fully saturated rings. The lowest BCUT2D eigenvalue weighted by atomic mass is 10.1. The van der Waals surface area contributed by atoms with Crippen molar-refractivity contribution in [3.8, 4) is 0 Å². The van der Waals surface area contributed by atoms with Gasteiger partial charge < -0.3 is 16.2 Å². The molecule has 2 amide bonds. The van der Waals surface area contributed by atoms with E-state index >= 15 is 0 Å². The molecule has 6 heteroatoms. The quantitative estimate of drug-likeness (QED) is 0.214. The first-order valence-corrected chi connectivity index (χ1v) is 11.1. The topological polar surface area (TPSA) is 109 Å². The summed E-state index contributed by atoms with van der Waals surface area (Å²) in [5.74, 6) is -1.95. The Morgan fingerprint density at radius 1 is 0.862 bits per heavy atom. The van der Waals surface area contributed by atoms with Crippen molar-refractivity contribution in [3.05, 3.63) is 24.3 Å². The van der Waals surface area contributed by atoms with Gasteiger partial charge in [-0.05, 0) is 44.9 Å². The van der Waals surface area contributed by atoms with Gasteiger partial charge in [0, 0.05) is 12.8 Å². The Bertz CT molecular complexity index is 515. The molecular weight excluding hydrogens is 368 g/mol. The standard InChI is InChI=1S/C23H40N2O4/c1-2-3-4-5-6-7-8-9-10-11-12-13-14-15-16-17-21(26)25-20(23(24)29)18-19-22(27)28/h6-7,9-10,20H,2-5,8,11-19H2,1H3,(H2,24,29)(H,25,26)(H,27,28)/b7-6-,10-9-/t20-/m0/s1. The van der Waals surface area contributed by atoms with Gasteiger partial charge in [-0.2, -0.15) is 0 Å². The Hall–Kier alpha value is -2.11. The van der Waals surface area contributed by atoms with Gasteiger partial charge in [0.1, 0.15) is 6.04 Å². The summed E-state index contributed by atoms with van der Waals surface area (Å²) in [7, 11) is 0. The number of aliphatic carboxylic acids is 1. The van der Waals surface area contributed by atoms with Gasteiger partial charge in [0.05, 0.1) is 0 Å². The van der Waals surface area contributed by atoms with Gasteiger partial charge in [0.15, 0.2) is 0 Å². The van der Waals surface area contributed by atoms with Crippen molar-refractivity contribution in [2.75, 3.05) is 0 Å². The second-order valence-corrected chi connectivity index (χ2v) is 7.44. The Balaban J connectivity index is 3.61. The SMILES string of the molecule is CCCCC/C=C\C/C=C\CCCCCCCC(=O)N[C@@H](CCC(=O)O)C(N)=O. The van der Waals surface area contributed by atoms with Crippen molar-refractivity contribution >= 4 is 17.8 Å². The second-order valence-electron chi connectivity index (χ2n) is 7.44. The number of rotatable bonds is 19. The number of unbranched alkanes of at least 4 members (excludes halogenated alkanes) is 8. The molecule has 0 saturated carbocycles. The van der Waals surface area contributed by atoms with E-state index in [1.165, 1.54) is 25.7 Å². The van der Waals surface area contributed by atoms with Crippen LogP contribution in [-0.2, 0) is 14.4 Å². The van der Waals surface area contributed by atoms with Gasteiger partial charge in [-0.25, -0.2) is 0 Å². The molecule has 0 rings (SSSR count). The van der Waals surface area contributed by atoms with E-state index in [-0.39, 0.29) is 18.7 Å². The van der Waals surface area contributed by atoms with Crippen molar-refractivity contribution in [3.63, 3.8) is 0 Å². The average molecular weight is 409 g/mol. The first kappa shape index (κ1) is 26.9. The number of carboxylic acids is 1. The molecule has 0 aliphatic carbocycles. The van der Waals surface area contributed by atoms with Crippen LogP contribution in [0.5, 0.6) is 0 Å². The number of allylic oxidation sites excluding steroid dienone is 4. The minimum absolute atomic E-state index is 0.0264. The van der Waals surface area contributed by atoms with Crippen LogP contribution >= 0.6 is 0 Å². The van der Waals surface area contributed by atoms with Crippen molar-refractivity contribution in [1.29, 1.82) is 0 Å². The number of nitrogens with one attached hydrogen (secondary N) is 1. The van der Waals surface area contributed by atoms with Crippen LogP contribution in [0.4, 0.5) is 0 Å². The summed E-state index contributed by atoms with van der Waals surface area (Å²) in [4.78, 5) is 33.7. The van der Waals surface area contributed by atoms with Crippen LogP contribution in [0, 0.1) is 0 Å². The molecule has 0 aromatic carbocycles. The summed E-state index contributed by atoms with van der Waals surface area (Å²) in [6.07, 6.45) is 21.4. The van der Waals surface area contributed by atoms with Gasteiger partial charge in [-0.1, -0.05) is 63.3 Å². The molecule has 0 radical (unpaired) electrons. The fraction of sp³-hybridized carbons (Fsp3) is 0.696. The van der Waals surface area contributed by atoms with E-state index in [0.29, 0.717) is 6.42 Å². The van der Waals surface area contributed by atoms with Crippen LogP contribution in [0.15, 0.2) is 24.3 Å². The number of carboxylic acid groups (broad SMARTS) is 1. The van der Waals surface area contributed by atoms with Crippen LogP contribution in [-0.4, -0.2) is 28.9 Å². The highest BCUT2D eigenvalue weighted by atomic mass is 16.4. The molecule has 0 aromatic heterocycles. The molecule has 29 heavy (non-hydrogen) atoms. The van der Waals surface area contributed by atoms with Gasteiger partial charge >= 0.3 is 5.97 Å². The Labute approximate surface area is 176 Å². The highest BCUT2D eigenvalue weighted by molar-refractivity contribution is 5.86. The van der Waals surface area contributed by atoms with Crippen molar-refractivity contribution < 1.29 is 19.5 Å².